The monoisotopic (exact) mass is 275 g/mol. The van der Waals surface area contributed by atoms with E-state index in [0.29, 0.717) is 17.8 Å². The molecule has 20 heavy (non-hydrogen) atoms. The van der Waals surface area contributed by atoms with E-state index >= 15 is 0 Å². The van der Waals surface area contributed by atoms with Crippen LogP contribution in [0.3, 0.4) is 0 Å². The minimum absolute atomic E-state index is 0.0764. The van der Waals surface area contributed by atoms with Crippen LogP contribution in [0.4, 0.5) is 0 Å². The average molecular weight is 275 g/mol. The van der Waals surface area contributed by atoms with Crippen molar-refractivity contribution in [1.82, 2.24) is 15.2 Å². The van der Waals surface area contributed by atoms with Crippen LogP contribution in [0.5, 0.6) is 0 Å². The van der Waals surface area contributed by atoms with Crippen LogP contribution in [-0.2, 0) is 4.74 Å². The maximum absolute atomic E-state index is 12.2. The molecule has 1 N–H and O–H groups in total. The molecule has 2 saturated heterocycles. The predicted octanol–water partition coefficient (Wildman–Crippen LogP) is 0.981. The number of pyridine rings is 1. The number of morpholine rings is 1. The van der Waals surface area contributed by atoms with Gasteiger partial charge in [0.1, 0.15) is 5.69 Å². The first-order valence-electron chi connectivity index (χ1n) is 7.22. The summed E-state index contributed by atoms with van der Waals surface area (Å²) in [5.74, 6) is -0.0764. The van der Waals surface area contributed by atoms with E-state index in [4.69, 9.17) is 4.74 Å². The van der Waals surface area contributed by atoms with Crippen molar-refractivity contribution < 1.29 is 9.53 Å². The number of aromatic nitrogens is 1. The number of nitrogens with zero attached hydrogens (tertiary/aromatic N) is 2. The zero-order chi connectivity index (χ0) is 14.1. The summed E-state index contributed by atoms with van der Waals surface area (Å²) in [6, 6.07) is 6.16. The maximum Gasteiger partial charge on any atom is 0.270 e. The van der Waals surface area contributed by atoms with Crippen molar-refractivity contribution in [3.05, 3.63) is 29.6 Å². The third-order valence-electron chi connectivity index (χ3n) is 4.05. The molecule has 0 aliphatic carbocycles. The van der Waals surface area contributed by atoms with E-state index in [1.165, 1.54) is 0 Å². The Balaban J connectivity index is 1.60. The molecular formula is C15H21N3O2. The number of fused-ring (bicyclic) bond motifs is 1. The lowest BCUT2D eigenvalue weighted by molar-refractivity contribution is -0.0390. The maximum atomic E-state index is 12.2. The van der Waals surface area contributed by atoms with E-state index in [1.807, 2.05) is 19.1 Å². The van der Waals surface area contributed by atoms with E-state index < -0.39 is 0 Å². The van der Waals surface area contributed by atoms with Crippen LogP contribution < -0.4 is 5.32 Å². The highest BCUT2D eigenvalue weighted by Gasteiger charge is 2.36. The Morgan fingerprint density at radius 2 is 2.30 bits per heavy atom. The van der Waals surface area contributed by atoms with Gasteiger partial charge in [-0.15, -0.1) is 0 Å². The lowest BCUT2D eigenvalue weighted by atomic mass is 10.1. The van der Waals surface area contributed by atoms with Gasteiger partial charge in [-0.05, 0) is 32.4 Å². The minimum Gasteiger partial charge on any atom is -0.376 e. The molecule has 0 bridgehead atoms. The van der Waals surface area contributed by atoms with Crippen LogP contribution in [0.1, 0.15) is 29.5 Å². The van der Waals surface area contributed by atoms with Crippen LogP contribution in [0.25, 0.3) is 0 Å². The van der Waals surface area contributed by atoms with Gasteiger partial charge in [-0.2, -0.15) is 0 Å². The van der Waals surface area contributed by atoms with E-state index in [1.54, 1.807) is 6.07 Å². The molecule has 1 aromatic rings. The van der Waals surface area contributed by atoms with Crippen LogP contribution in [0.2, 0.25) is 0 Å². The van der Waals surface area contributed by atoms with Gasteiger partial charge in [-0.25, -0.2) is 4.98 Å². The second-order valence-corrected chi connectivity index (χ2v) is 5.82. The molecule has 5 nitrogen and oxygen atoms in total. The molecule has 5 heteroatoms. The topological polar surface area (TPSA) is 54.5 Å². The summed E-state index contributed by atoms with van der Waals surface area (Å²) in [4.78, 5) is 18.9. The molecule has 1 amide bonds. The largest absolute Gasteiger partial charge is 0.376 e. The summed E-state index contributed by atoms with van der Waals surface area (Å²) in [6.07, 6.45) is 1.25. The Bertz CT molecular complexity index is 506. The molecule has 108 valence electrons. The first kappa shape index (κ1) is 13.5. The Labute approximate surface area is 119 Å². The van der Waals surface area contributed by atoms with E-state index in [0.717, 1.165) is 31.8 Å². The van der Waals surface area contributed by atoms with E-state index in [9.17, 15) is 4.79 Å². The number of ether oxygens (including phenoxy) is 1. The van der Waals surface area contributed by atoms with Crippen molar-refractivity contribution in [1.29, 1.82) is 0 Å². The lowest BCUT2D eigenvalue weighted by Gasteiger charge is -2.33. The quantitative estimate of drug-likeness (QED) is 0.874. The number of carbonyl (C=O) groups is 1. The van der Waals surface area contributed by atoms with Crippen LogP contribution in [0.15, 0.2) is 18.2 Å². The number of hydrogen-bond donors (Lipinski definition) is 1. The molecule has 2 fully saturated rings. The normalized spacial score (nSPS) is 30.0. The molecule has 2 aliphatic heterocycles. The minimum atomic E-state index is -0.0764. The molecule has 0 spiro atoms. The number of amides is 1. The van der Waals surface area contributed by atoms with Gasteiger partial charge in [0.05, 0.1) is 12.7 Å². The van der Waals surface area contributed by atoms with Crippen molar-refractivity contribution in [3.8, 4) is 0 Å². The van der Waals surface area contributed by atoms with Crippen molar-refractivity contribution in [2.24, 2.45) is 0 Å². The summed E-state index contributed by atoms with van der Waals surface area (Å²) < 4.78 is 5.68. The third kappa shape index (κ3) is 2.83. The fourth-order valence-corrected chi connectivity index (χ4v) is 3.07. The summed E-state index contributed by atoms with van der Waals surface area (Å²) in [5.41, 5.74) is 1.36. The molecule has 0 radical (unpaired) electrons. The van der Waals surface area contributed by atoms with Gasteiger partial charge in [0.2, 0.25) is 0 Å². The van der Waals surface area contributed by atoms with Crippen LogP contribution in [0, 0.1) is 6.92 Å². The Hall–Kier alpha value is -1.46. The fourth-order valence-electron chi connectivity index (χ4n) is 3.07. The highest BCUT2D eigenvalue weighted by molar-refractivity contribution is 5.92. The predicted molar refractivity (Wildman–Crippen MR) is 75.6 cm³/mol. The molecule has 3 rings (SSSR count). The first-order valence-corrected chi connectivity index (χ1v) is 7.22. The number of hydrogen-bond acceptors (Lipinski definition) is 4. The van der Waals surface area contributed by atoms with Gasteiger partial charge in [0.25, 0.3) is 5.91 Å². The molecule has 1 aromatic heterocycles. The molecule has 2 aliphatic rings. The van der Waals surface area contributed by atoms with Crippen molar-refractivity contribution in [2.75, 3.05) is 19.7 Å². The molecule has 0 saturated carbocycles. The number of rotatable bonds is 2. The standard InChI is InChI=1S/C15H21N3O2/c1-10-4-3-5-14(16-10)15(19)17-12-6-13-9-20-11(2)7-18(13)8-12/h3-5,11-13H,6-9H2,1-2H3,(H,17,19)/t11-,12+,13-/m0/s1. The van der Waals surface area contributed by atoms with Crippen LogP contribution in [-0.4, -0.2) is 53.7 Å². The van der Waals surface area contributed by atoms with Crippen molar-refractivity contribution >= 4 is 5.91 Å². The zero-order valence-electron chi connectivity index (χ0n) is 12.0. The fraction of sp³-hybridized carbons (Fsp3) is 0.600. The molecule has 3 heterocycles. The number of nitrogens with one attached hydrogen (secondary N) is 1. The zero-order valence-corrected chi connectivity index (χ0v) is 12.0. The molecule has 3 atom stereocenters. The van der Waals surface area contributed by atoms with Crippen LogP contribution >= 0.6 is 0 Å². The van der Waals surface area contributed by atoms with Gasteiger partial charge in [0, 0.05) is 30.9 Å². The number of aryl methyl sites for hydroxylation is 1. The Kier molecular flexibility index (Phi) is 3.72. The summed E-state index contributed by atoms with van der Waals surface area (Å²) in [6.45, 7) is 6.63. The smallest absolute Gasteiger partial charge is 0.270 e. The first-order chi connectivity index (χ1) is 9.61. The SMILES string of the molecule is Cc1cccc(C(=O)N[C@@H]2C[C@H]3CO[C@@H](C)CN3C2)n1. The van der Waals surface area contributed by atoms with Crippen molar-refractivity contribution in [3.63, 3.8) is 0 Å². The van der Waals surface area contributed by atoms with Gasteiger partial charge in [-0.1, -0.05) is 6.07 Å². The van der Waals surface area contributed by atoms with E-state index in [2.05, 4.69) is 22.1 Å². The highest BCUT2D eigenvalue weighted by Crippen LogP contribution is 2.23. The van der Waals surface area contributed by atoms with Crippen molar-refractivity contribution in [2.45, 2.75) is 38.5 Å². The summed E-state index contributed by atoms with van der Waals surface area (Å²) in [7, 11) is 0. The Morgan fingerprint density at radius 1 is 1.45 bits per heavy atom. The molecular weight excluding hydrogens is 254 g/mol. The number of carbonyl (C=O) groups excluding carboxylic acids is 1. The highest BCUT2D eigenvalue weighted by atomic mass is 16.5. The summed E-state index contributed by atoms with van der Waals surface area (Å²) in [5, 5.41) is 3.09. The van der Waals surface area contributed by atoms with Gasteiger partial charge in [-0.3, -0.25) is 9.69 Å². The van der Waals surface area contributed by atoms with Gasteiger partial charge in [0.15, 0.2) is 0 Å². The second-order valence-electron chi connectivity index (χ2n) is 5.82. The second kappa shape index (κ2) is 5.50. The third-order valence-corrected chi connectivity index (χ3v) is 4.05. The average Bonchev–Trinajstić information content (AvgIpc) is 2.80. The van der Waals surface area contributed by atoms with Gasteiger partial charge >= 0.3 is 0 Å². The lowest BCUT2D eigenvalue weighted by Crippen LogP contribution is -2.45. The van der Waals surface area contributed by atoms with Gasteiger partial charge < -0.3 is 10.1 Å². The van der Waals surface area contributed by atoms with E-state index in [-0.39, 0.29) is 11.9 Å². The summed E-state index contributed by atoms with van der Waals surface area (Å²) >= 11 is 0. The molecule has 0 unspecified atom stereocenters. The Morgan fingerprint density at radius 3 is 3.10 bits per heavy atom. The molecule has 0 aromatic carbocycles.